The van der Waals surface area contributed by atoms with Gasteiger partial charge in [0.1, 0.15) is 5.75 Å². The van der Waals surface area contributed by atoms with E-state index in [9.17, 15) is 13.2 Å². The molecule has 3 heterocycles. The molecule has 4 rings (SSSR count). The summed E-state index contributed by atoms with van der Waals surface area (Å²) in [6.07, 6.45) is 2.15. The molecule has 0 saturated heterocycles. The van der Waals surface area contributed by atoms with Crippen molar-refractivity contribution in [3.05, 3.63) is 69.8 Å². The number of furan rings is 1. The number of carbonyl (C=O) groups excluding carboxylic acids is 1. The zero-order valence-corrected chi connectivity index (χ0v) is 15.2. The number of sulfonamides is 1. The minimum atomic E-state index is -3.64. The van der Waals surface area contributed by atoms with Gasteiger partial charge in [-0.15, -0.1) is 11.3 Å². The summed E-state index contributed by atoms with van der Waals surface area (Å²) in [6.45, 7) is 0.694. The number of ketones is 1. The highest BCUT2D eigenvalue weighted by molar-refractivity contribution is 7.89. The molecule has 1 N–H and O–H groups in total. The average Bonchev–Trinajstić information content (AvgIpc) is 3.40. The van der Waals surface area contributed by atoms with Gasteiger partial charge in [0.2, 0.25) is 15.8 Å². The summed E-state index contributed by atoms with van der Waals surface area (Å²) in [5, 5.41) is 0. The van der Waals surface area contributed by atoms with Crippen molar-refractivity contribution in [3.63, 3.8) is 0 Å². The standard InChI is InChI=1S/C18H15NO5S2/c20-18(16-2-1-8-23-16)17-6-3-13(25-17)11-19-26(21,22)14-4-5-15-12(10-14)7-9-24-15/h1-6,8,10,19H,7,9,11H2. The molecule has 6 nitrogen and oxygen atoms in total. The van der Waals surface area contributed by atoms with Gasteiger partial charge in [-0.05, 0) is 48.0 Å². The second-order valence-electron chi connectivity index (χ2n) is 5.76. The van der Waals surface area contributed by atoms with Crippen molar-refractivity contribution < 1.29 is 22.4 Å². The molecular formula is C18H15NO5S2. The number of benzene rings is 1. The number of nitrogens with one attached hydrogen (secondary N) is 1. The van der Waals surface area contributed by atoms with Gasteiger partial charge in [0.25, 0.3) is 0 Å². The minimum Gasteiger partial charge on any atom is -0.493 e. The first-order chi connectivity index (χ1) is 12.5. The molecule has 0 atom stereocenters. The van der Waals surface area contributed by atoms with E-state index in [2.05, 4.69) is 4.72 Å². The van der Waals surface area contributed by atoms with Gasteiger partial charge < -0.3 is 9.15 Å². The molecule has 0 saturated carbocycles. The van der Waals surface area contributed by atoms with E-state index in [1.54, 1.807) is 36.4 Å². The molecule has 2 aromatic heterocycles. The maximum atomic E-state index is 12.5. The van der Waals surface area contributed by atoms with Crippen LogP contribution in [-0.4, -0.2) is 20.8 Å². The van der Waals surface area contributed by atoms with E-state index in [1.165, 1.54) is 23.7 Å². The number of thiophene rings is 1. The molecule has 0 amide bonds. The molecule has 134 valence electrons. The van der Waals surface area contributed by atoms with Crippen LogP contribution >= 0.6 is 11.3 Å². The van der Waals surface area contributed by atoms with Crippen LogP contribution in [0.1, 0.15) is 25.9 Å². The fourth-order valence-corrected chi connectivity index (χ4v) is 4.74. The lowest BCUT2D eigenvalue weighted by atomic mass is 10.2. The van der Waals surface area contributed by atoms with Crippen molar-refractivity contribution >= 4 is 27.1 Å². The van der Waals surface area contributed by atoms with Gasteiger partial charge in [0.05, 0.1) is 22.6 Å². The van der Waals surface area contributed by atoms with Crippen molar-refractivity contribution in [2.45, 2.75) is 17.9 Å². The Labute approximate surface area is 154 Å². The first-order valence-electron chi connectivity index (χ1n) is 7.95. The lowest BCUT2D eigenvalue weighted by Crippen LogP contribution is -2.22. The number of rotatable bonds is 6. The highest BCUT2D eigenvalue weighted by atomic mass is 32.2. The van der Waals surface area contributed by atoms with E-state index in [0.29, 0.717) is 17.9 Å². The monoisotopic (exact) mass is 389 g/mol. The SMILES string of the molecule is O=C(c1ccco1)c1ccc(CNS(=O)(=O)c2ccc3c(c2)CCO3)s1. The summed E-state index contributed by atoms with van der Waals surface area (Å²) >= 11 is 1.24. The Morgan fingerprint density at radius 2 is 2.08 bits per heavy atom. The largest absolute Gasteiger partial charge is 0.493 e. The maximum absolute atomic E-state index is 12.5. The molecule has 0 aliphatic carbocycles. The van der Waals surface area contributed by atoms with Gasteiger partial charge >= 0.3 is 0 Å². The Balaban J connectivity index is 1.46. The van der Waals surface area contributed by atoms with E-state index in [0.717, 1.165) is 16.2 Å². The molecule has 1 aliphatic heterocycles. The van der Waals surface area contributed by atoms with Crippen LogP contribution in [-0.2, 0) is 23.0 Å². The van der Waals surface area contributed by atoms with E-state index in [4.69, 9.17) is 9.15 Å². The second-order valence-corrected chi connectivity index (χ2v) is 8.70. The zero-order valence-electron chi connectivity index (χ0n) is 13.6. The van der Waals surface area contributed by atoms with Crippen LogP contribution < -0.4 is 9.46 Å². The molecule has 0 unspecified atom stereocenters. The average molecular weight is 389 g/mol. The number of ether oxygens (including phenoxy) is 1. The fraction of sp³-hybridized carbons (Fsp3) is 0.167. The first kappa shape index (κ1) is 17.0. The lowest BCUT2D eigenvalue weighted by molar-refractivity contribution is 0.101. The zero-order chi connectivity index (χ0) is 18.1. The summed E-state index contributed by atoms with van der Waals surface area (Å²) < 4.78 is 38.1. The molecule has 1 aliphatic rings. The minimum absolute atomic E-state index is 0.117. The van der Waals surface area contributed by atoms with Gasteiger partial charge in [-0.25, -0.2) is 13.1 Å². The predicted molar refractivity (Wildman–Crippen MR) is 96.1 cm³/mol. The molecule has 0 bridgehead atoms. The molecular weight excluding hydrogens is 374 g/mol. The van der Waals surface area contributed by atoms with Crippen molar-refractivity contribution in [3.8, 4) is 5.75 Å². The third-order valence-electron chi connectivity index (χ3n) is 4.04. The highest BCUT2D eigenvalue weighted by Gasteiger charge is 2.20. The second kappa shape index (κ2) is 6.71. The van der Waals surface area contributed by atoms with Crippen molar-refractivity contribution in [2.75, 3.05) is 6.61 Å². The van der Waals surface area contributed by atoms with Gasteiger partial charge in [-0.2, -0.15) is 0 Å². The molecule has 0 radical (unpaired) electrons. The summed E-state index contributed by atoms with van der Waals surface area (Å²) in [5.41, 5.74) is 0.898. The topological polar surface area (TPSA) is 85.6 Å². The van der Waals surface area contributed by atoms with Crippen LogP contribution in [0.5, 0.6) is 5.75 Å². The first-order valence-corrected chi connectivity index (χ1v) is 10.3. The summed E-state index contributed by atoms with van der Waals surface area (Å²) in [5.74, 6) is 0.787. The van der Waals surface area contributed by atoms with Crippen LogP contribution in [0.3, 0.4) is 0 Å². The van der Waals surface area contributed by atoms with E-state index < -0.39 is 10.0 Å². The number of hydrogen-bond donors (Lipinski definition) is 1. The molecule has 1 aromatic carbocycles. The molecule has 3 aromatic rings. The van der Waals surface area contributed by atoms with Crippen LogP contribution in [0.15, 0.2) is 58.0 Å². The van der Waals surface area contributed by atoms with Gasteiger partial charge in [0.15, 0.2) is 5.76 Å². The van der Waals surface area contributed by atoms with Crippen LogP contribution in [0, 0.1) is 0 Å². The molecule has 0 fully saturated rings. The Kier molecular flexibility index (Phi) is 4.39. The number of hydrogen-bond acceptors (Lipinski definition) is 6. The number of fused-ring (bicyclic) bond motifs is 1. The third-order valence-corrected chi connectivity index (χ3v) is 6.52. The maximum Gasteiger partial charge on any atom is 0.240 e. The van der Waals surface area contributed by atoms with Crippen LogP contribution in [0.2, 0.25) is 0 Å². The number of carbonyl (C=O) groups is 1. The van der Waals surface area contributed by atoms with Crippen LogP contribution in [0.4, 0.5) is 0 Å². The smallest absolute Gasteiger partial charge is 0.240 e. The van der Waals surface area contributed by atoms with Crippen LogP contribution in [0.25, 0.3) is 0 Å². The van der Waals surface area contributed by atoms with Crippen molar-refractivity contribution in [1.82, 2.24) is 4.72 Å². The lowest BCUT2D eigenvalue weighted by Gasteiger charge is -2.07. The van der Waals surface area contributed by atoms with E-state index in [-0.39, 0.29) is 23.0 Å². The fourth-order valence-electron chi connectivity index (χ4n) is 2.70. The van der Waals surface area contributed by atoms with E-state index >= 15 is 0 Å². The van der Waals surface area contributed by atoms with Crippen molar-refractivity contribution in [2.24, 2.45) is 0 Å². The summed E-state index contributed by atoms with van der Waals surface area (Å²) in [4.78, 5) is 13.7. The normalized spacial score (nSPS) is 13.4. The predicted octanol–water partition coefficient (Wildman–Crippen LogP) is 2.99. The van der Waals surface area contributed by atoms with E-state index in [1.807, 2.05) is 0 Å². The van der Waals surface area contributed by atoms with Gasteiger partial charge in [-0.1, -0.05) is 0 Å². The van der Waals surface area contributed by atoms with Crippen molar-refractivity contribution in [1.29, 1.82) is 0 Å². The van der Waals surface area contributed by atoms with Gasteiger partial charge in [0, 0.05) is 17.8 Å². The Hall–Kier alpha value is -2.42. The Morgan fingerprint density at radius 1 is 1.19 bits per heavy atom. The quantitative estimate of drug-likeness (QED) is 0.655. The molecule has 8 heteroatoms. The van der Waals surface area contributed by atoms with Gasteiger partial charge in [-0.3, -0.25) is 4.79 Å². The highest BCUT2D eigenvalue weighted by Crippen LogP contribution is 2.28. The molecule has 0 spiro atoms. The third kappa shape index (κ3) is 3.31. The Morgan fingerprint density at radius 3 is 2.88 bits per heavy atom. The summed E-state index contributed by atoms with van der Waals surface area (Å²) in [7, 11) is -3.64. The summed E-state index contributed by atoms with van der Waals surface area (Å²) in [6, 6.07) is 11.5. The Bertz CT molecular complexity index is 1050. The molecule has 26 heavy (non-hydrogen) atoms.